The van der Waals surface area contributed by atoms with Crippen LogP contribution in [0.3, 0.4) is 0 Å². The van der Waals surface area contributed by atoms with Crippen LogP contribution in [0.25, 0.3) is 0 Å². The van der Waals surface area contributed by atoms with Crippen molar-refractivity contribution in [3.63, 3.8) is 0 Å². The van der Waals surface area contributed by atoms with Gasteiger partial charge in [0.05, 0.1) is 6.54 Å². The van der Waals surface area contributed by atoms with Crippen LogP contribution in [0.1, 0.15) is 46.0 Å². The Morgan fingerprint density at radius 1 is 1.27 bits per heavy atom. The van der Waals surface area contributed by atoms with Crippen molar-refractivity contribution in [3.05, 3.63) is 0 Å². The monoisotopic (exact) mass is 226 g/mol. The molecule has 0 aromatic rings. The predicted molar refractivity (Wildman–Crippen MR) is 68.5 cm³/mol. The van der Waals surface area contributed by atoms with E-state index in [0.717, 1.165) is 12.5 Å². The Balaban J connectivity index is 1.76. The minimum Gasteiger partial charge on any atom is -0.362 e. The molecule has 1 aliphatic heterocycles. The standard InChI is InChI=1S/C12H22N2S/c1-9(2)11-8-13-12(15-11)14-10-6-4-3-5-7-10/h9-11H,3-8H2,1-2H3,(H,13,14). The quantitative estimate of drug-likeness (QED) is 0.782. The van der Waals surface area contributed by atoms with Gasteiger partial charge in [-0.3, -0.25) is 4.99 Å². The molecule has 2 aliphatic rings. The van der Waals surface area contributed by atoms with Crippen LogP contribution in [-0.4, -0.2) is 23.0 Å². The molecule has 1 unspecified atom stereocenters. The molecule has 0 aromatic heterocycles. The summed E-state index contributed by atoms with van der Waals surface area (Å²) < 4.78 is 0. The van der Waals surface area contributed by atoms with Crippen molar-refractivity contribution >= 4 is 16.9 Å². The first-order valence-electron chi connectivity index (χ1n) is 6.23. The minimum absolute atomic E-state index is 0.705. The summed E-state index contributed by atoms with van der Waals surface area (Å²) in [6.45, 7) is 5.59. The lowest BCUT2D eigenvalue weighted by Crippen LogP contribution is -2.34. The molecule has 0 spiro atoms. The topological polar surface area (TPSA) is 24.4 Å². The van der Waals surface area contributed by atoms with Crippen molar-refractivity contribution in [3.8, 4) is 0 Å². The Morgan fingerprint density at radius 3 is 2.60 bits per heavy atom. The highest BCUT2D eigenvalue weighted by molar-refractivity contribution is 8.14. The van der Waals surface area contributed by atoms with Crippen molar-refractivity contribution < 1.29 is 0 Å². The summed E-state index contributed by atoms with van der Waals surface area (Å²) in [5, 5.41) is 5.53. The fourth-order valence-corrected chi connectivity index (χ4v) is 3.33. The third-order valence-corrected chi connectivity index (χ3v) is 4.82. The molecule has 0 bridgehead atoms. The van der Waals surface area contributed by atoms with Crippen molar-refractivity contribution in [1.29, 1.82) is 0 Å². The van der Waals surface area contributed by atoms with Gasteiger partial charge < -0.3 is 5.32 Å². The zero-order valence-electron chi connectivity index (χ0n) is 9.83. The fraction of sp³-hybridized carbons (Fsp3) is 0.917. The molecule has 0 radical (unpaired) electrons. The van der Waals surface area contributed by atoms with E-state index < -0.39 is 0 Å². The van der Waals surface area contributed by atoms with E-state index in [1.807, 2.05) is 11.8 Å². The molecule has 1 atom stereocenters. The highest BCUT2D eigenvalue weighted by Gasteiger charge is 2.24. The molecule has 3 heteroatoms. The Hall–Kier alpha value is -0.180. The summed E-state index contributed by atoms with van der Waals surface area (Å²) in [6, 6.07) is 0.705. The number of hydrogen-bond acceptors (Lipinski definition) is 3. The average Bonchev–Trinajstić information content (AvgIpc) is 2.68. The van der Waals surface area contributed by atoms with Crippen LogP contribution < -0.4 is 5.32 Å². The molecular weight excluding hydrogens is 204 g/mol. The number of aliphatic imine (C=N–C) groups is 1. The van der Waals surface area contributed by atoms with Gasteiger partial charge in [0, 0.05) is 11.3 Å². The molecule has 1 fully saturated rings. The van der Waals surface area contributed by atoms with Crippen molar-refractivity contribution in [1.82, 2.24) is 5.32 Å². The van der Waals surface area contributed by atoms with E-state index in [-0.39, 0.29) is 0 Å². The van der Waals surface area contributed by atoms with E-state index in [1.54, 1.807) is 0 Å². The Morgan fingerprint density at radius 2 is 2.00 bits per heavy atom. The lowest BCUT2D eigenvalue weighted by Gasteiger charge is -2.23. The lowest BCUT2D eigenvalue weighted by atomic mass is 9.96. The minimum atomic E-state index is 0.705. The molecule has 0 amide bonds. The fourth-order valence-electron chi connectivity index (χ4n) is 2.24. The third kappa shape index (κ3) is 3.13. The Kier molecular flexibility index (Phi) is 3.95. The highest BCUT2D eigenvalue weighted by atomic mass is 32.2. The zero-order chi connectivity index (χ0) is 10.7. The summed E-state index contributed by atoms with van der Waals surface area (Å²) in [5.41, 5.74) is 0. The Bertz CT molecular complexity index is 232. The van der Waals surface area contributed by atoms with Gasteiger partial charge in [-0.15, -0.1) is 0 Å². The molecule has 1 saturated carbocycles. The second kappa shape index (κ2) is 5.24. The molecule has 1 N–H and O–H groups in total. The van der Waals surface area contributed by atoms with E-state index in [9.17, 15) is 0 Å². The van der Waals surface area contributed by atoms with E-state index in [4.69, 9.17) is 0 Å². The van der Waals surface area contributed by atoms with Crippen LogP contribution in [0.5, 0.6) is 0 Å². The van der Waals surface area contributed by atoms with Crippen LogP contribution in [0, 0.1) is 5.92 Å². The molecule has 0 aromatic carbocycles. The normalized spacial score (nSPS) is 28.2. The first-order valence-corrected chi connectivity index (χ1v) is 7.11. The number of thioether (sulfide) groups is 1. The first-order chi connectivity index (χ1) is 7.25. The van der Waals surface area contributed by atoms with Gasteiger partial charge >= 0.3 is 0 Å². The summed E-state index contributed by atoms with van der Waals surface area (Å²) >= 11 is 1.95. The van der Waals surface area contributed by atoms with Gasteiger partial charge in [0.1, 0.15) is 0 Å². The summed E-state index contributed by atoms with van der Waals surface area (Å²) in [7, 11) is 0. The molecule has 1 aliphatic carbocycles. The van der Waals surface area contributed by atoms with Crippen molar-refractivity contribution in [2.75, 3.05) is 6.54 Å². The molecule has 86 valence electrons. The van der Waals surface area contributed by atoms with Crippen molar-refractivity contribution in [2.45, 2.75) is 57.2 Å². The van der Waals surface area contributed by atoms with Gasteiger partial charge in [0.2, 0.25) is 0 Å². The predicted octanol–water partition coefficient (Wildman–Crippen LogP) is 3.04. The van der Waals surface area contributed by atoms with E-state index in [2.05, 4.69) is 24.2 Å². The average molecular weight is 226 g/mol. The highest BCUT2D eigenvalue weighted by Crippen LogP contribution is 2.27. The number of nitrogens with one attached hydrogen (secondary N) is 1. The van der Waals surface area contributed by atoms with Crippen LogP contribution >= 0.6 is 11.8 Å². The number of nitrogens with zero attached hydrogens (tertiary/aromatic N) is 1. The Labute approximate surface area is 97.3 Å². The maximum Gasteiger partial charge on any atom is 0.157 e. The maximum absolute atomic E-state index is 4.60. The molecule has 0 saturated heterocycles. The second-order valence-corrected chi connectivity index (χ2v) is 6.25. The molecule has 2 rings (SSSR count). The molecule has 15 heavy (non-hydrogen) atoms. The summed E-state index contributed by atoms with van der Waals surface area (Å²) in [5.74, 6) is 0.740. The summed E-state index contributed by atoms with van der Waals surface area (Å²) in [6.07, 6.45) is 6.89. The van der Waals surface area contributed by atoms with E-state index >= 15 is 0 Å². The van der Waals surface area contributed by atoms with Crippen LogP contribution in [-0.2, 0) is 0 Å². The van der Waals surface area contributed by atoms with Crippen molar-refractivity contribution in [2.24, 2.45) is 10.9 Å². The maximum atomic E-state index is 4.60. The van der Waals surface area contributed by atoms with E-state index in [1.165, 1.54) is 37.3 Å². The van der Waals surface area contributed by atoms with Gasteiger partial charge in [-0.2, -0.15) is 0 Å². The van der Waals surface area contributed by atoms with Gasteiger partial charge in [0.25, 0.3) is 0 Å². The first kappa shape index (κ1) is 11.3. The van der Waals surface area contributed by atoms with Gasteiger partial charge in [-0.1, -0.05) is 44.9 Å². The van der Waals surface area contributed by atoms with Gasteiger partial charge in [0.15, 0.2) is 5.17 Å². The molecular formula is C12H22N2S. The molecule has 2 nitrogen and oxygen atoms in total. The van der Waals surface area contributed by atoms with Gasteiger partial charge in [-0.25, -0.2) is 0 Å². The number of rotatable bonds is 2. The number of amidine groups is 1. The largest absolute Gasteiger partial charge is 0.362 e. The third-order valence-electron chi connectivity index (χ3n) is 3.35. The van der Waals surface area contributed by atoms with Crippen LogP contribution in [0.2, 0.25) is 0 Å². The second-order valence-electron chi connectivity index (χ2n) is 5.03. The molecule has 1 heterocycles. The smallest absolute Gasteiger partial charge is 0.157 e. The lowest BCUT2D eigenvalue weighted by molar-refractivity contribution is 0.415. The summed E-state index contributed by atoms with van der Waals surface area (Å²) in [4.78, 5) is 4.60. The van der Waals surface area contributed by atoms with E-state index in [0.29, 0.717) is 11.3 Å². The van der Waals surface area contributed by atoms with Gasteiger partial charge in [-0.05, 0) is 18.8 Å². The van der Waals surface area contributed by atoms with Crippen LogP contribution in [0.15, 0.2) is 4.99 Å². The van der Waals surface area contributed by atoms with Crippen LogP contribution in [0.4, 0.5) is 0 Å². The SMILES string of the molecule is CC(C)C1CN=C(NC2CCCCC2)S1. The zero-order valence-corrected chi connectivity index (χ0v) is 10.6. The number of hydrogen-bond donors (Lipinski definition) is 1.